The van der Waals surface area contributed by atoms with Crippen molar-refractivity contribution >= 4 is 40.8 Å². The maximum Gasteiger partial charge on any atom is 0.193 e. The number of nitrogens with zero attached hydrogens (tertiary/aromatic N) is 2. The number of H-pyrrole nitrogens is 1. The van der Waals surface area contributed by atoms with Crippen molar-refractivity contribution in [1.82, 2.24) is 15.2 Å². The molecule has 0 radical (unpaired) electrons. The number of guanidine groups is 1. The first kappa shape index (κ1) is 21.0. The lowest BCUT2D eigenvalue weighted by Crippen LogP contribution is -2.40. The Kier molecular flexibility index (Phi) is 8.71. The Hall–Kier alpha value is -1.28. The van der Waals surface area contributed by atoms with Crippen molar-refractivity contribution in [3.8, 4) is 0 Å². The number of benzene rings is 1. The van der Waals surface area contributed by atoms with Crippen LogP contribution in [0, 0.1) is 5.92 Å². The molecular weight excluding hydrogens is 439 g/mol. The van der Waals surface area contributed by atoms with Crippen LogP contribution in [0.15, 0.2) is 35.3 Å². The fourth-order valence-electron chi connectivity index (χ4n) is 2.86. The number of aromatic amines is 1. The summed E-state index contributed by atoms with van der Waals surface area (Å²) in [6.45, 7) is 6.29. The molecule has 2 aromatic rings. The van der Waals surface area contributed by atoms with Gasteiger partial charge in [-0.25, -0.2) is 0 Å². The van der Waals surface area contributed by atoms with Crippen LogP contribution in [-0.2, 0) is 11.2 Å². The van der Waals surface area contributed by atoms with Crippen LogP contribution in [0.3, 0.4) is 0 Å². The molecule has 2 N–H and O–H groups in total. The van der Waals surface area contributed by atoms with Crippen molar-refractivity contribution in [1.29, 1.82) is 0 Å². The van der Waals surface area contributed by atoms with Gasteiger partial charge in [0.05, 0.1) is 6.61 Å². The summed E-state index contributed by atoms with van der Waals surface area (Å²) in [4.78, 5) is 10.4. The van der Waals surface area contributed by atoms with Crippen LogP contribution in [0.4, 0.5) is 0 Å². The lowest BCUT2D eigenvalue weighted by molar-refractivity contribution is 0.115. The molecule has 3 rings (SSSR count). The Labute approximate surface area is 173 Å². The Bertz CT molecular complexity index is 663. The standard InChI is InChI=1S/C20H30N4O.HI/c1-3-21-20(24(2)12-13-25-15-16-8-9-16)22-11-10-18-14-17-6-4-5-7-19(17)23-18;/h4-7,14,16,23H,3,8-13,15H2,1-2H3,(H,21,22);1H. The second-order valence-corrected chi connectivity index (χ2v) is 6.81. The van der Waals surface area contributed by atoms with Crippen molar-refractivity contribution in [2.75, 3.05) is 39.9 Å². The van der Waals surface area contributed by atoms with E-state index in [-0.39, 0.29) is 24.0 Å². The molecule has 26 heavy (non-hydrogen) atoms. The van der Waals surface area contributed by atoms with Crippen LogP contribution in [0.2, 0.25) is 0 Å². The molecule has 1 aliphatic rings. The van der Waals surface area contributed by atoms with E-state index in [1.54, 1.807) is 0 Å². The zero-order valence-corrected chi connectivity index (χ0v) is 18.2. The number of rotatable bonds is 9. The maximum atomic E-state index is 5.73. The molecule has 1 heterocycles. The number of ether oxygens (including phenoxy) is 1. The smallest absolute Gasteiger partial charge is 0.193 e. The van der Waals surface area contributed by atoms with E-state index in [0.29, 0.717) is 0 Å². The molecule has 1 aromatic heterocycles. The Morgan fingerprint density at radius 3 is 2.88 bits per heavy atom. The van der Waals surface area contributed by atoms with Gasteiger partial charge in [-0.3, -0.25) is 4.99 Å². The SMILES string of the molecule is CCNC(=NCCc1cc2ccccc2[nH]1)N(C)CCOCC1CC1.I. The predicted octanol–water partition coefficient (Wildman–Crippen LogP) is 3.65. The first-order valence-corrected chi connectivity index (χ1v) is 9.40. The minimum atomic E-state index is 0. The topological polar surface area (TPSA) is 52.7 Å². The van der Waals surface area contributed by atoms with E-state index in [2.05, 4.69) is 59.5 Å². The summed E-state index contributed by atoms with van der Waals surface area (Å²) < 4.78 is 5.73. The summed E-state index contributed by atoms with van der Waals surface area (Å²) in [5.74, 6) is 1.78. The van der Waals surface area contributed by atoms with Crippen molar-refractivity contribution < 1.29 is 4.74 Å². The van der Waals surface area contributed by atoms with Crippen LogP contribution in [0.25, 0.3) is 10.9 Å². The number of nitrogens with one attached hydrogen (secondary N) is 2. The Morgan fingerprint density at radius 1 is 1.35 bits per heavy atom. The van der Waals surface area contributed by atoms with Crippen molar-refractivity contribution in [2.45, 2.75) is 26.2 Å². The second-order valence-electron chi connectivity index (χ2n) is 6.81. The highest BCUT2D eigenvalue weighted by Gasteiger charge is 2.21. The molecule has 0 saturated heterocycles. The van der Waals surface area contributed by atoms with E-state index in [0.717, 1.165) is 51.1 Å². The zero-order valence-electron chi connectivity index (χ0n) is 15.8. The van der Waals surface area contributed by atoms with Crippen LogP contribution in [0.1, 0.15) is 25.5 Å². The lowest BCUT2D eigenvalue weighted by Gasteiger charge is -2.22. The van der Waals surface area contributed by atoms with E-state index in [9.17, 15) is 0 Å². The van der Waals surface area contributed by atoms with Crippen LogP contribution in [0.5, 0.6) is 0 Å². The van der Waals surface area contributed by atoms with E-state index < -0.39 is 0 Å². The van der Waals surface area contributed by atoms with Gasteiger partial charge < -0.3 is 19.9 Å². The summed E-state index contributed by atoms with van der Waals surface area (Å²) in [5.41, 5.74) is 2.43. The van der Waals surface area contributed by atoms with Crippen LogP contribution in [-0.4, -0.2) is 55.7 Å². The fraction of sp³-hybridized carbons (Fsp3) is 0.550. The molecular formula is C20H31IN4O. The van der Waals surface area contributed by atoms with Gasteiger partial charge in [-0.2, -0.15) is 0 Å². The summed E-state index contributed by atoms with van der Waals surface area (Å²) in [7, 11) is 2.07. The maximum absolute atomic E-state index is 5.73. The van der Waals surface area contributed by atoms with Gasteiger partial charge in [-0.1, -0.05) is 18.2 Å². The average Bonchev–Trinajstić information content (AvgIpc) is 3.35. The molecule has 144 valence electrons. The number of halogens is 1. The minimum Gasteiger partial charge on any atom is -0.379 e. The highest BCUT2D eigenvalue weighted by atomic mass is 127. The van der Waals surface area contributed by atoms with Gasteiger partial charge in [-0.15, -0.1) is 24.0 Å². The van der Waals surface area contributed by atoms with Crippen molar-refractivity contribution in [3.05, 3.63) is 36.0 Å². The van der Waals surface area contributed by atoms with Gasteiger partial charge in [0.15, 0.2) is 5.96 Å². The van der Waals surface area contributed by atoms with E-state index in [1.165, 1.54) is 29.4 Å². The van der Waals surface area contributed by atoms with Gasteiger partial charge >= 0.3 is 0 Å². The lowest BCUT2D eigenvalue weighted by atomic mass is 10.2. The van der Waals surface area contributed by atoms with Gasteiger partial charge in [0.25, 0.3) is 0 Å². The highest BCUT2D eigenvalue weighted by molar-refractivity contribution is 14.0. The normalized spacial score (nSPS) is 14.3. The van der Waals surface area contributed by atoms with Crippen LogP contribution < -0.4 is 5.32 Å². The fourth-order valence-corrected chi connectivity index (χ4v) is 2.86. The summed E-state index contributed by atoms with van der Waals surface area (Å²) in [6, 6.07) is 10.6. The summed E-state index contributed by atoms with van der Waals surface area (Å²) in [5, 5.41) is 4.63. The molecule has 5 nitrogen and oxygen atoms in total. The molecule has 0 bridgehead atoms. The Morgan fingerprint density at radius 2 is 2.15 bits per heavy atom. The third-order valence-electron chi connectivity index (χ3n) is 4.55. The van der Waals surface area contributed by atoms with Gasteiger partial charge in [0, 0.05) is 50.9 Å². The number of hydrogen-bond acceptors (Lipinski definition) is 2. The number of fused-ring (bicyclic) bond motifs is 1. The molecule has 1 fully saturated rings. The predicted molar refractivity (Wildman–Crippen MR) is 120 cm³/mol. The summed E-state index contributed by atoms with van der Waals surface area (Å²) >= 11 is 0. The average molecular weight is 470 g/mol. The monoisotopic (exact) mass is 470 g/mol. The molecule has 0 amide bonds. The number of aromatic nitrogens is 1. The molecule has 0 unspecified atom stereocenters. The second kappa shape index (κ2) is 10.8. The molecule has 0 atom stereocenters. The molecule has 1 saturated carbocycles. The van der Waals surface area contributed by atoms with E-state index >= 15 is 0 Å². The number of para-hydroxylation sites is 1. The Balaban J connectivity index is 0.00000243. The van der Waals surface area contributed by atoms with Crippen molar-refractivity contribution in [3.63, 3.8) is 0 Å². The number of likely N-dealkylation sites (N-methyl/N-ethyl adjacent to an activating group) is 1. The third-order valence-corrected chi connectivity index (χ3v) is 4.55. The molecule has 1 aliphatic carbocycles. The number of aliphatic imine (C=N–C) groups is 1. The van der Waals surface area contributed by atoms with Gasteiger partial charge in [0.1, 0.15) is 0 Å². The zero-order chi connectivity index (χ0) is 17.5. The van der Waals surface area contributed by atoms with Gasteiger partial charge in [-0.05, 0) is 43.2 Å². The summed E-state index contributed by atoms with van der Waals surface area (Å²) in [6.07, 6.45) is 3.59. The van der Waals surface area contributed by atoms with Crippen molar-refractivity contribution in [2.24, 2.45) is 10.9 Å². The first-order valence-electron chi connectivity index (χ1n) is 9.40. The molecule has 0 aliphatic heterocycles. The van der Waals surface area contributed by atoms with Gasteiger partial charge in [0.2, 0.25) is 0 Å². The third kappa shape index (κ3) is 6.46. The highest BCUT2D eigenvalue weighted by Crippen LogP contribution is 2.28. The minimum absolute atomic E-state index is 0. The molecule has 0 spiro atoms. The molecule has 6 heteroatoms. The molecule has 1 aromatic carbocycles. The largest absolute Gasteiger partial charge is 0.379 e. The first-order chi connectivity index (χ1) is 12.3. The number of hydrogen-bond donors (Lipinski definition) is 2. The quantitative estimate of drug-likeness (QED) is 0.255. The van der Waals surface area contributed by atoms with Crippen LogP contribution >= 0.6 is 24.0 Å². The van der Waals surface area contributed by atoms with E-state index in [4.69, 9.17) is 9.73 Å². The van der Waals surface area contributed by atoms with E-state index in [1.807, 2.05) is 0 Å².